The number of fused-ring (bicyclic) bond motifs is 6. The third-order valence-electron chi connectivity index (χ3n) is 6.68. The van der Waals surface area contributed by atoms with E-state index in [-0.39, 0.29) is 52.0 Å². The Labute approximate surface area is 171 Å². The van der Waals surface area contributed by atoms with Crippen molar-refractivity contribution in [2.24, 2.45) is 0 Å². The number of ketones is 2. The Kier molecular flexibility index (Phi) is 3.69. The standard InChI is InChI=1S/C22H20O8/c1-21(29-3)22(27)7-10-14(12(8-22)30-21)20(26)16-15(18(10)24)17(23)9-5-4-6-11(28-2)13(9)19(16)25/h4-6,12,24,26-27H,7-8H2,1-3H3/t12-,21-,22+/m1/s1. The maximum Gasteiger partial charge on any atom is 0.202 e. The molecule has 1 aliphatic heterocycles. The van der Waals surface area contributed by atoms with Gasteiger partial charge in [-0.15, -0.1) is 0 Å². The average Bonchev–Trinajstić information content (AvgIpc) is 2.93. The molecule has 0 spiro atoms. The van der Waals surface area contributed by atoms with Crippen LogP contribution in [0.5, 0.6) is 17.2 Å². The lowest BCUT2D eigenvalue weighted by molar-refractivity contribution is -0.264. The van der Waals surface area contributed by atoms with E-state index in [9.17, 15) is 24.9 Å². The highest BCUT2D eigenvalue weighted by Gasteiger charge is 2.62. The second-order valence-corrected chi connectivity index (χ2v) is 8.05. The molecule has 8 nitrogen and oxygen atoms in total. The number of aromatic hydroxyl groups is 2. The van der Waals surface area contributed by atoms with Crippen LogP contribution in [0.25, 0.3) is 0 Å². The Hall–Kier alpha value is -2.94. The Morgan fingerprint density at radius 1 is 1.07 bits per heavy atom. The van der Waals surface area contributed by atoms with E-state index in [4.69, 9.17) is 14.2 Å². The molecule has 0 unspecified atom stereocenters. The minimum atomic E-state index is -1.47. The highest BCUT2D eigenvalue weighted by atomic mass is 16.7. The van der Waals surface area contributed by atoms with Crippen molar-refractivity contribution in [3.63, 3.8) is 0 Å². The molecule has 1 fully saturated rings. The highest BCUT2D eigenvalue weighted by molar-refractivity contribution is 6.31. The van der Waals surface area contributed by atoms with Crippen LogP contribution in [0.15, 0.2) is 18.2 Å². The van der Waals surface area contributed by atoms with Crippen molar-refractivity contribution < 1.29 is 39.1 Å². The number of phenols is 2. The van der Waals surface area contributed by atoms with E-state index in [1.165, 1.54) is 20.3 Å². The number of rotatable bonds is 2. The summed E-state index contributed by atoms with van der Waals surface area (Å²) >= 11 is 0. The van der Waals surface area contributed by atoms with Crippen molar-refractivity contribution in [3.8, 4) is 17.2 Å². The molecule has 1 saturated heterocycles. The molecule has 0 aromatic heterocycles. The molecule has 0 amide bonds. The Morgan fingerprint density at radius 3 is 2.43 bits per heavy atom. The van der Waals surface area contributed by atoms with Crippen LogP contribution >= 0.6 is 0 Å². The van der Waals surface area contributed by atoms with Crippen molar-refractivity contribution in [1.29, 1.82) is 0 Å². The van der Waals surface area contributed by atoms with Crippen molar-refractivity contribution in [1.82, 2.24) is 0 Å². The van der Waals surface area contributed by atoms with Gasteiger partial charge in [0.2, 0.25) is 5.78 Å². The van der Waals surface area contributed by atoms with Crippen LogP contribution in [0, 0.1) is 0 Å². The summed E-state index contributed by atoms with van der Waals surface area (Å²) in [6.45, 7) is 1.57. The first-order valence-corrected chi connectivity index (χ1v) is 9.50. The molecule has 3 atom stereocenters. The predicted molar refractivity (Wildman–Crippen MR) is 102 cm³/mol. The third kappa shape index (κ3) is 2.05. The van der Waals surface area contributed by atoms with Crippen LogP contribution in [0.1, 0.15) is 62.4 Å². The largest absolute Gasteiger partial charge is 0.507 e. The quantitative estimate of drug-likeness (QED) is 0.546. The fourth-order valence-electron chi connectivity index (χ4n) is 4.98. The van der Waals surface area contributed by atoms with E-state index in [1.807, 2.05) is 0 Å². The summed E-state index contributed by atoms with van der Waals surface area (Å²) in [5.74, 6) is -3.27. The minimum Gasteiger partial charge on any atom is -0.507 e. The summed E-state index contributed by atoms with van der Waals surface area (Å²) in [7, 11) is 2.77. The first kappa shape index (κ1) is 19.0. The number of carbonyl (C=O) groups excluding carboxylic acids is 2. The SMILES string of the molecule is COc1cccc2c1C(=O)c1c(O)c3c(c(O)c1C2=O)C[C@]1(O)C[C@H]3O[C@@]1(C)OC. The van der Waals surface area contributed by atoms with Gasteiger partial charge in [0.1, 0.15) is 22.8 Å². The molecule has 1 heterocycles. The van der Waals surface area contributed by atoms with Crippen LogP contribution < -0.4 is 4.74 Å². The fraction of sp³-hybridized carbons (Fsp3) is 0.364. The van der Waals surface area contributed by atoms with Gasteiger partial charge in [0.05, 0.1) is 29.9 Å². The van der Waals surface area contributed by atoms with Crippen molar-refractivity contribution in [2.45, 2.75) is 37.3 Å². The van der Waals surface area contributed by atoms with Crippen LogP contribution in [-0.2, 0) is 15.9 Å². The normalized spacial score (nSPS) is 28.7. The summed E-state index contributed by atoms with van der Waals surface area (Å²) < 4.78 is 16.5. The smallest absolute Gasteiger partial charge is 0.202 e. The number of methoxy groups -OCH3 is 2. The number of hydrogen-bond donors (Lipinski definition) is 3. The van der Waals surface area contributed by atoms with Crippen LogP contribution in [0.4, 0.5) is 0 Å². The zero-order valence-electron chi connectivity index (χ0n) is 16.6. The molecule has 5 rings (SSSR count). The predicted octanol–water partition coefficient (Wildman–Crippen LogP) is 1.99. The summed E-state index contributed by atoms with van der Waals surface area (Å²) in [6.07, 6.45) is -0.817. The Balaban J connectivity index is 1.79. The highest BCUT2D eigenvalue weighted by Crippen LogP contribution is 2.58. The number of benzene rings is 2. The van der Waals surface area contributed by atoms with E-state index < -0.39 is 40.6 Å². The lowest BCUT2D eigenvalue weighted by atomic mass is 9.73. The van der Waals surface area contributed by atoms with Gasteiger partial charge in [-0.2, -0.15) is 0 Å². The van der Waals surface area contributed by atoms with Gasteiger partial charge >= 0.3 is 0 Å². The molecule has 3 aliphatic rings. The van der Waals surface area contributed by atoms with Gasteiger partial charge in [-0.3, -0.25) is 9.59 Å². The first-order chi connectivity index (χ1) is 14.2. The Morgan fingerprint density at radius 2 is 1.77 bits per heavy atom. The molecular formula is C22H20O8. The molecule has 3 N–H and O–H groups in total. The van der Waals surface area contributed by atoms with Gasteiger partial charge in [-0.25, -0.2) is 0 Å². The molecule has 30 heavy (non-hydrogen) atoms. The zero-order chi connectivity index (χ0) is 21.6. The van der Waals surface area contributed by atoms with Crippen molar-refractivity contribution >= 4 is 11.6 Å². The molecule has 8 heteroatoms. The molecule has 2 bridgehead atoms. The maximum absolute atomic E-state index is 13.3. The Bertz CT molecular complexity index is 1150. The van der Waals surface area contributed by atoms with Crippen LogP contribution in [0.3, 0.4) is 0 Å². The molecule has 2 aromatic carbocycles. The van der Waals surface area contributed by atoms with Crippen molar-refractivity contribution in [2.75, 3.05) is 14.2 Å². The van der Waals surface area contributed by atoms with Gasteiger partial charge in [-0.05, 0) is 13.0 Å². The van der Waals surface area contributed by atoms with Crippen molar-refractivity contribution in [3.05, 3.63) is 51.6 Å². The lowest BCUT2D eigenvalue weighted by Gasteiger charge is -2.37. The number of hydrogen-bond acceptors (Lipinski definition) is 8. The van der Waals surface area contributed by atoms with Gasteiger partial charge < -0.3 is 29.5 Å². The molecule has 0 radical (unpaired) electrons. The fourth-order valence-corrected chi connectivity index (χ4v) is 4.98. The molecule has 0 saturated carbocycles. The molecular weight excluding hydrogens is 392 g/mol. The third-order valence-corrected chi connectivity index (χ3v) is 6.68. The van der Waals surface area contributed by atoms with Gasteiger partial charge in [-0.1, -0.05) is 12.1 Å². The van der Waals surface area contributed by atoms with Crippen LogP contribution in [0.2, 0.25) is 0 Å². The van der Waals surface area contributed by atoms with E-state index in [0.717, 1.165) is 0 Å². The zero-order valence-corrected chi connectivity index (χ0v) is 16.6. The summed E-state index contributed by atoms with van der Waals surface area (Å²) in [6, 6.07) is 4.60. The molecule has 156 valence electrons. The van der Waals surface area contributed by atoms with Gasteiger partial charge in [0.25, 0.3) is 0 Å². The first-order valence-electron chi connectivity index (χ1n) is 9.50. The molecule has 2 aliphatic carbocycles. The number of carbonyl (C=O) groups is 2. The summed E-state index contributed by atoms with van der Waals surface area (Å²) in [5.41, 5.74) is -1.55. The second kappa shape index (κ2) is 5.81. The second-order valence-electron chi connectivity index (χ2n) is 8.05. The minimum absolute atomic E-state index is 0.0357. The number of ether oxygens (including phenoxy) is 3. The van der Waals surface area contributed by atoms with Crippen LogP contribution in [-0.4, -0.2) is 52.5 Å². The van der Waals surface area contributed by atoms with Gasteiger partial charge in [0, 0.05) is 36.6 Å². The summed E-state index contributed by atoms with van der Waals surface area (Å²) in [4.78, 5) is 26.6. The monoisotopic (exact) mass is 412 g/mol. The lowest BCUT2D eigenvalue weighted by Crippen LogP contribution is -2.51. The van der Waals surface area contributed by atoms with E-state index in [1.54, 1.807) is 19.1 Å². The van der Waals surface area contributed by atoms with E-state index in [0.29, 0.717) is 0 Å². The topological polar surface area (TPSA) is 123 Å². The van der Waals surface area contributed by atoms with E-state index >= 15 is 0 Å². The number of phenolic OH excluding ortho intramolecular Hbond substituents is 2. The maximum atomic E-state index is 13.3. The molecule has 2 aromatic rings. The van der Waals surface area contributed by atoms with Gasteiger partial charge in [0.15, 0.2) is 11.6 Å². The van der Waals surface area contributed by atoms with E-state index in [2.05, 4.69) is 0 Å². The number of aliphatic hydroxyl groups is 1. The average molecular weight is 412 g/mol. The summed E-state index contributed by atoms with van der Waals surface area (Å²) in [5, 5.41) is 33.3.